The largest absolute Gasteiger partial charge is 0.380 e. The molecule has 1 amide bonds. The highest BCUT2D eigenvalue weighted by Crippen LogP contribution is 2.33. The number of amides is 1. The molecule has 3 heterocycles. The van der Waals surface area contributed by atoms with E-state index in [4.69, 9.17) is 4.74 Å². The SMILES string of the molecule is CC(=O)N1CCOCCCN(Cc2cccc(C)n2)c2c(C)csc2C1. The van der Waals surface area contributed by atoms with Gasteiger partial charge in [-0.05, 0) is 43.3 Å². The number of carbonyl (C=O) groups excluding carboxylic acids is 1. The minimum atomic E-state index is 0.0942. The Morgan fingerprint density at radius 2 is 2.12 bits per heavy atom. The van der Waals surface area contributed by atoms with E-state index in [0.717, 1.165) is 30.9 Å². The molecule has 0 bridgehead atoms. The quantitative estimate of drug-likeness (QED) is 0.808. The summed E-state index contributed by atoms with van der Waals surface area (Å²) in [6.45, 7) is 10.1. The van der Waals surface area contributed by atoms with Gasteiger partial charge in [0.2, 0.25) is 5.91 Å². The van der Waals surface area contributed by atoms with Crippen LogP contribution in [0.4, 0.5) is 5.69 Å². The highest BCUT2D eigenvalue weighted by Gasteiger charge is 2.21. The predicted molar refractivity (Wildman–Crippen MR) is 106 cm³/mol. The normalized spacial score (nSPS) is 16.1. The lowest BCUT2D eigenvalue weighted by molar-refractivity contribution is -0.130. The van der Waals surface area contributed by atoms with Gasteiger partial charge in [0.25, 0.3) is 0 Å². The number of fused-ring (bicyclic) bond motifs is 1. The zero-order chi connectivity index (χ0) is 18.5. The van der Waals surface area contributed by atoms with Crippen molar-refractivity contribution in [3.05, 3.63) is 45.4 Å². The Kier molecular flexibility index (Phi) is 6.27. The molecule has 3 rings (SSSR count). The zero-order valence-electron chi connectivity index (χ0n) is 15.8. The molecule has 0 fully saturated rings. The van der Waals surface area contributed by atoms with Crippen molar-refractivity contribution in [1.82, 2.24) is 9.88 Å². The van der Waals surface area contributed by atoms with Crippen LogP contribution in [0, 0.1) is 13.8 Å². The molecule has 0 radical (unpaired) electrons. The molecule has 140 valence electrons. The van der Waals surface area contributed by atoms with Gasteiger partial charge in [0.1, 0.15) is 0 Å². The third-order valence-corrected chi connectivity index (χ3v) is 5.71. The monoisotopic (exact) mass is 373 g/mol. The van der Waals surface area contributed by atoms with Crippen molar-refractivity contribution in [2.75, 3.05) is 31.2 Å². The standard InChI is InChI=1S/C20H27N3O2S/c1-15-14-26-19-13-22(17(3)24)9-11-25-10-5-8-23(20(15)19)12-18-7-4-6-16(2)21-18/h4,6-7,14H,5,8-13H2,1-3H3. The zero-order valence-corrected chi connectivity index (χ0v) is 16.6. The molecule has 1 aliphatic rings. The number of rotatable bonds is 2. The van der Waals surface area contributed by atoms with Crippen LogP contribution in [0.5, 0.6) is 0 Å². The number of hydrogen-bond acceptors (Lipinski definition) is 5. The van der Waals surface area contributed by atoms with E-state index in [0.29, 0.717) is 26.3 Å². The molecule has 0 N–H and O–H groups in total. The van der Waals surface area contributed by atoms with Gasteiger partial charge in [-0.2, -0.15) is 0 Å². The summed E-state index contributed by atoms with van der Waals surface area (Å²) in [5.74, 6) is 0.0942. The van der Waals surface area contributed by atoms with Crippen LogP contribution >= 0.6 is 11.3 Å². The maximum absolute atomic E-state index is 12.0. The molecule has 0 spiro atoms. The number of thiophene rings is 1. The molecular weight excluding hydrogens is 346 g/mol. The molecule has 5 nitrogen and oxygen atoms in total. The van der Waals surface area contributed by atoms with Gasteiger partial charge in [0.05, 0.1) is 31.1 Å². The number of hydrogen-bond donors (Lipinski definition) is 0. The number of aromatic nitrogens is 1. The number of aryl methyl sites for hydroxylation is 2. The van der Waals surface area contributed by atoms with E-state index in [9.17, 15) is 4.79 Å². The second-order valence-corrected chi connectivity index (χ2v) is 7.75. The molecule has 6 heteroatoms. The van der Waals surface area contributed by atoms with E-state index in [1.54, 1.807) is 18.3 Å². The maximum atomic E-state index is 12.0. The van der Waals surface area contributed by atoms with Gasteiger partial charge in [-0.25, -0.2) is 0 Å². The lowest BCUT2D eigenvalue weighted by atomic mass is 10.2. The smallest absolute Gasteiger partial charge is 0.219 e. The highest BCUT2D eigenvalue weighted by molar-refractivity contribution is 7.10. The highest BCUT2D eigenvalue weighted by atomic mass is 32.1. The average Bonchev–Trinajstić information content (AvgIpc) is 2.94. The summed E-state index contributed by atoms with van der Waals surface area (Å²) >= 11 is 1.74. The first kappa shape index (κ1) is 18.9. The van der Waals surface area contributed by atoms with E-state index < -0.39 is 0 Å². The van der Waals surface area contributed by atoms with Crippen molar-refractivity contribution in [1.29, 1.82) is 0 Å². The lowest BCUT2D eigenvalue weighted by Gasteiger charge is -2.27. The minimum Gasteiger partial charge on any atom is -0.380 e. The van der Waals surface area contributed by atoms with Gasteiger partial charge in [-0.1, -0.05) is 6.07 Å². The Morgan fingerprint density at radius 1 is 1.27 bits per heavy atom. The van der Waals surface area contributed by atoms with Gasteiger partial charge in [0.15, 0.2) is 0 Å². The molecule has 1 aliphatic heterocycles. The van der Waals surface area contributed by atoms with E-state index in [1.807, 2.05) is 17.9 Å². The number of pyridine rings is 1. The van der Waals surface area contributed by atoms with Gasteiger partial charge < -0.3 is 14.5 Å². The average molecular weight is 374 g/mol. The van der Waals surface area contributed by atoms with Crippen molar-refractivity contribution in [2.45, 2.75) is 40.3 Å². The Balaban J connectivity index is 1.92. The summed E-state index contributed by atoms with van der Waals surface area (Å²) in [6.07, 6.45) is 0.959. The third kappa shape index (κ3) is 4.62. The lowest BCUT2D eigenvalue weighted by Crippen LogP contribution is -2.31. The van der Waals surface area contributed by atoms with Crippen LogP contribution in [0.1, 0.15) is 35.2 Å². The van der Waals surface area contributed by atoms with Crippen LogP contribution in [0.25, 0.3) is 0 Å². The molecule has 0 unspecified atom stereocenters. The molecule has 2 aromatic rings. The number of nitrogens with zero attached hydrogens (tertiary/aromatic N) is 3. The predicted octanol–water partition coefficient (Wildman–Crippen LogP) is 3.54. The fraction of sp³-hybridized carbons (Fsp3) is 0.500. The molecule has 2 aromatic heterocycles. The summed E-state index contributed by atoms with van der Waals surface area (Å²) in [7, 11) is 0. The van der Waals surface area contributed by atoms with Crippen LogP contribution in [0.2, 0.25) is 0 Å². The molecule has 26 heavy (non-hydrogen) atoms. The summed E-state index contributed by atoms with van der Waals surface area (Å²) in [6, 6.07) is 6.17. The molecule has 0 saturated carbocycles. The van der Waals surface area contributed by atoms with E-state index in [2.05, 4.69) is 34.3 Å². The fourth-order valence-electron chi connectivity index (χ4n) is 3.34. The summed E-state index contributed by atoms with van der Waals surface area (Å²) in [5, 5.41) is 2.20. The Morgan fingerprint density at radius 3 is 2.88 bits per heavy atom. The second-order valence-electron chi connectivity index (χ2n) is 6.79. The van der Waals surface area contributed by atoms with Crippen molar-refractivity contribution >= 4 is 22.9 Å². The van der Waals surface area contributed by atoms with E-state index >= 15 is 0 Å². The molecule has 0 aliphatic carbocycles. The molecular formula is C20H27N3O2S. The van der Waals surface area contributed by atoms with E-state index in [1.165, 1.54) is 16.1 Å². The first-order chi connectivity index (χ1) is 12.5. The summed E-state index contributed by atoms with van der Waals surface area (Å²) in [4.78, 5) is 22.2. The first-order valence-corrected chi connectivity index (χ1v) is 10.0. The van der Waals surface area contributed by atoms with Crippen molar-refractivity contribution < 1.29 is 9.53 Å². The minimum absolute atomic E-state index is 0.0942. The molecule has 0 saturated heterocycles. The number of carbonyl (C=O) groups is 1. The van der Waals surface area contributed by atoms with Gasteiger partial charge in [-0.3, -0.25) is 9.78 Å². The van der Waals surface area contributed by atoms with Crippen molar-refractivity contribution in [3.8, 4) is 0 Å². The Hall–Kier alpha value is -1.92. The van der Waals surface area contributed by atoms with Crippen LogP contribution in [0.3, 0.4) is 0 Å². The molecule has 0 aromatic carbocycles. The van der Waals surface area contributed by atoms with Gasteiger partial charge in [-0.15, -0.1) is 11.3 Å². The van der Waals surface area contributed by atoms with Crippen LogP contribution in [-0.4, -0.2) is 42.1 Å². The van der Waals surface area contributed by atoms with Gasteiger partial charge in [0, 0.05) is 37.2 Å². The second kappa shape index (κ2) is 8.64. The van der Waals surface area contributed by atoms with Crippen LogP contribution < -0.4 is 4.90 Å². The number of anilines is 1. The van der Waals surface area contributed by atoms with Crippen molar-refractivity contribution in [3.63, 3.8) is 0 Å². The van der Waals surface area contributed by atoms with E-state index in [-0.39, 0.29) is 5.91 Å². The van der Waals surface area contributed by atoms with Crippen LogP contribution in [0.15, 0.2) is 23.6 Å². The Bertz CT molecular complexity index is 759. The van der Waals surface area contributed by atoms with Crippen LogP contribution in [-0.2, 0) is 22.6 Å². The maximum Gasteiger partial charge on any atom is 0.219 e. The summed E-state index contributed by atoms with van der Waals surface area (Å²) < 4.78 is 5.74. The van der Waals surface area contributed by atoms with Gasteiger partial charge >= 0.3 is 0 Å². The number of ether oxygens (including phenoxy) is 1. The van der Waals surface area contributed by atoms with Crippen molar-refractivity contribution in [2.24, 2.45) is 0 Å². The topological polar surface area (TPSA) is 45.7 Å². The first-order valence-electron chi connectivity index (χ1n) is 9.12. The fourth-order valence-corrected chi connectivity index (χ4v) is 4.40. The third-order valence-electron chi connectivity index (χ3n) is 4.63. The summed E-state index contributed by atoms with van der Waals surface area (Å²) in [5.41, 5.74) is 4.63. The Labute approximate surface area is 159 Å². The molecule has 0 atom stereocenters.